The highest BCUT2D eigenvalue weighted by atomic mass is 16.7. The lowest BCUT2D eigenvalue weighted by Crippen LogP contribution is -2.67. The molecule has 0 aromatic heterocycles. The van der Waals surface area contributed by atoms with E-state index in [1.807, 2.05) is 72.8 Å². The predicted molar refractivity (Wildman–Crippen MR) is 158 cm³/mol. The first-order valence-electron chi connectivity index (χ1n) is 14.1. The van der Waals surface area contributed by atoms with Crippen molar-refractivity contribution in [1.29, 1.82) is 0 Å². The van der Waals surface area contributed by atoms with Crippen LogP contribution < -0.4 is 4.74 Å². The van der Waals surface area contributed by atoms with Gasteiger partial charge in [-0.15, -0.1) is 0 Å². The van der Waals surface area contributed by atoms with E-state index in [1.165, 1.54) is 27.7 Å². The summed E-state index contributed by atoms with van der Waals surface area (Å²) in [4.78, 5) is 49.5. The van der Waals surface area contributed by atoms with Gasteiger partial charge in [-0.1, -0.05) is 72.8 Å². The molecule has 1 saturated heterocycles. The second-order valence-electron chi connectivity index (χ2n) is 10.4. The summed E-state index contributed by atoms with van der Waals surface area (Å²) in [6.07, 6.45) is -6.13. The highest BCUT2D eigenvalue weighted by Crippen LogP contribution is 2.49. The Morgan fingerprint density at radius 3 is 1.52 bits per heavy atom. The standard InChI is InChI=1S/C34H36O10/c1-21(35)40-20-29-30(41-22(2)36)31(42-23(3)37)32(43-24(4)38)33(44-29)34(25-12-8-6-9-13-25,26-14-10-7-11-15-26)27-16-18-28(39-5)19-17-27/h6-19,29-33H,20H2,1-5H3/t29-,30-,31+,32+,33+/m1/s1. The molecule has 0 radical (unpaired) electrons. The lowest BCUT2D eigenvalue weighted by molar-refractivity contribution is -0.259. The van der Waals surface area contributed by atoms with Crippen LogP contribution in [0.4, 0.5) is 0 Å². The van der Waals surface area contributed by atoms with Crippen LogP contribution in [0.1, 0.15) is 44.4 Å². The molecule has 10 nitrogen and oxygen atoms in total. The fraction of sp³-hybridized carbons (Fsp3) is 0.353. The molecule has 0 spiro atoms. The smallest absolute Gasteiger partial charge is 0.303 e. The third-order valence-electron chi connectivity index (χ3n) is 7.42. The Kier molecular flexibility index (Phi) is 10.4. The molecule has 1 heterocycles. The summed E-state index contributed by atoms with van der Waals surface area (Å²) < 4.78 is 35.0. The number of hydrogen-bond acceptors (Lipinski definition) is 10. The van der Waals surface area contributed by atoms with E-state index in [4.69, 9.17) is 28.4 Å². The van der Waals surface area contributed by atoms with Crippen LogP contribution in [0.25, 0.3) is 0 Å². The molecule has 0 bridgehead atoms. The SMILES string of the molecule is COc1ccc(C(c2ccccc2)(c2ccccc2)[C@H]2O[C@H](COC(C)=O)[C@@H](OC(C)=O)[C@H](OC(C)=O)[C@@H]2OC(C)=O)cc1. The van der Waals surface area contributed by atoms with Crippen molar-refractivity contribution in [1.82, 2.24) is 0 Å². The summed E-state index contributed by atoms with van der Waals surface area (Å²) in [6, 6.07) is 26.3. The fourth-order valence-corrected chi connectivity index (χ4v) is 5.83. The van der Waals surface area contributed by atoms with Crippen molar-refractivity contribution in [2.24, 2.45) is 0 Å². The lowest BCUT2D eigenvalue weighted by atomic mass is 9.63. The van der Waals surface area contributed by atoms with Crippen LogP contribution in [0.5, 0.6) is 5.75 Å². The van der Waals surface area contributed by atoms with Crippen LogP contribution in [-0.4, -0.2) is 68.1 Å². The molecule has 5 atom stereocenters. The molecule has 1 aliphatic rings. The minimum Gasteiger partial charge on any atom is -0.497 e. The largest absolute Gasteiger partial charge is 0.497 e. The van der Waals surface area contributed by atoms with Crippen molar-refractivity contribution in [2.75, 3.05) is 13.7 Å². The summed E-state index contributed by atoms with van der Waals surface area (Å²) in [7, 11) is 1.57. The molecule has 10 heteroatoms. The molecule has 0 saturated carbocycles. The van der Waals surface area contributed by atoms with Crippen LogP contribution >= 0.6 is 0 Å². The summed E-state index contributed by atoms with van der Waals surface area (Å²) in [5, 5.41) is 0. The lowest BCUT2D eigenvalue weighted by Gasteiger charge is -2.52. The van der Waals surface area contributed by atoms with Crippen molar-refractivity contribution in [2.45, 2.75) is 63.6 Å². The van der Waals surface area contributed by atoms with Crippen LogP contribution in [0.15, 0.2) is 84.9 Å². The van der Waals surface area contributed by atoms with Gasteiger partial charge in [-0.2, -0.15) is 0 Å². The molecule has 44 heavy (non-hydrogen) atoms. The van der Waals surface area contributed by atoms with Crippen molar-refractivity contribution in [3.63, 3.8) is 0 Å². The molecule has 1 fully saturated rings. The van der Waals surface area contributed by atoms with Crippen molar-refractivity contribution >= 4 is 23.9 Å². The highest BCUT2D eigenvalue weighted by Gasteiger charge is 2.60. The summed E-state index contributed by atoms with van der Waals surface area (Å²) in [6.45, 7) is 4.52. The molecule has 0 aliphatic carbocycles. The van der Waals surface area contributed by atoms with Gasteiger partial charge in [0.2, 0.25) is 0 Å². The average Bonchev–Trinajstić information content (AvgIpc) is 3.00. The van der Waals surface area contributed by atoms with E-state index >= 15 is 0 Å². The minimum absolute atomic E-state index is 0.337. The van der Waals surface area contributed by atoms with Gasteiger partial charge in [-0.3, -0.25) is 19.2 Å². The molecule has 3 aromatic rings. The number of hydrogen-bond donors (Lipinski definition) is 0. The Labute approximate surface area is 256 Å². The van der Waals surface area contributed by atoms with E-state index in [0.29, 0.717) is 5.75 Å². The van der Waals surface area contributed by atoms with Gasteiger partial charge in [0.15, 0.2) is 18.3 Å². The molecule has 0 amide bonds. The van der Waals surface area contributed by atoms with Gasteiger partial charge in [-0.05, 0) is 28.8 Å². The van der Waals surface area contributed by atoms with Crippen molar-refractivity contribution < 1.29 is 47.6 Å². The Morgan fingerprint density at radius 1 is 0.614 bits per heavy atom. The van der Waals surface area contributed by atoms with Crippen molar-refractivity contribution in [3.8, 4) is 5.75 Å². The van der Waals surface area contributed by atoms with Gasteiger partial charge in [-0.25, -0.2) is 0 Å². The molecule has 0 unspecified atom stereocenters. The quantitative estimate of drug-likeness (QED) is 0.189. The first-order valence-corrected chi connectivity index (χ1v) is 14.1. The molecular formula is C34H36O10. The summed E-state index contributed by atoms with van der Waals surface area (Å²) in [5.41, 5.74) is 1.04. The predicted octanol–water partition coefficient (Wildman–Crippen LogP) is 4.16. The van der Waals surface area contributed by atoms with Gasteiger partial charge in [0.25, 0.3) is 0 Å². The maximum atomic E-state index is 12.7. The number of carbonyl (C=O) groups is 4. The zero-order chi connectivity index (χ0) is 31.9. The van der Waals surface area contributed by atoms with E-state index in [0.717, 1.165) is 16.7 Å². The van der Waals surface area contributed by atoms with Crippen LogP contribution in [0, 0.1) is 0 Å². The van der Waals surface area contributed by atoms with Crippen LogP contribution in [-0.2, 0) is 48.3 Å². The Balaban J connectivity index is 2.09. The topological polar surface area (TPSA) is 124 Å². The molecule has 3 aromatic carbocycles. The summed E-state index contributed by atoms with van der Waals surface area (Å²) in [5.74, 6) is -2.05. The first kappa shape index (κ1) is 32.2. The number of esters is 4. The van der Waals surface area contributed by atoms with Crippen LogP contribution in [0.2, 0.25) is 0 Å². The molecule has 1 aliphatic heterocycles. The second kappa shape index (κ2) is 14.2. The molecular weight excluding hydrogens is 568 g/mol. The number of methoxy groups -OCH3 is 1. The third-order valence-corrected chi connectivity index (χ3v) is 7.42. The summed E-state index contributed by atoms with van der Waals surface area (Å²) >= 11 is 0. The fourth-order valence-electron chi connectivity index (χ4n) is 5.83. The second-order valence-corrected chi connectivity index (χ2v) is 10.4. The Hall–Kier alpha value is -4.70. The van der Waals surface area contributed by atoms with Gasteiger partial charge >= 0.3 is 23.9 Å². The van der Waals surface area contributed by atoms with Gasteiger partial charge in [0, 0.05) is 27.7 Å². The van der Waals surface area contributed by atoms with Gasteiger partial charge in [0.05, 0.1) is 12.5 Å². The first-order chi connectivity index (χ1) is 21.1. The minimum atomic E-state index is -1.33. The van der Waals surface area contributed by atoms with E-state index < -0.39 is 59.8 Å². The maximum Gasteiger partial charge on any atom is 0.303 e. The Bertz CT molecular complexity index is 1400. The van der Waals surface area contributed by atoms with Crippen molar-refractivity contribution in [3.05, 3.63) is 102 Å². The number of carbonyl (C=O) groups excluding carboxylic acids is 4. The van der Waals surface area contributed by atoms with Crippen LogP contribution in [0.3, 0.4) is 0 Å². The molecule has 4 rings (SSSR count). The number of rotatable bonds is 10. The van der Waals surface area contributed by atoms with E-state index in [2.05, 4.69) is 0 Å². The Morgan fingerprint density at radius 2 is 1.07 bits per heavy atom. The molecule has 0 N–H and O–H groups in total. The third kappa shape index (κ3) is 6.92. The van der Waals surface area contributed by atoms with E-state index in [9.17, 15) is 19.2 Å². The zero-order valence-corrected chi connectivity index (χ0v) is 25.3. The normalized spacial score (nSPS) is 21.4. The highest BCUT2D eigenvalue weighted by molar-refractivity contribution is 5.69. The monoisotopic (exact) mass is 604 g/mol. The average molecular weight is 605 g/mol. The van der Waals surface area contributed by atoms with E-state index in [-0.39, 0.29) is 6.61 Å². The molecule has 232 valence electrons. The number of ether oxygens (including phenoxy) is 6. The van der Waals surface area contributed by atoms with Gasteiger partial charge < -0.3 is 28.4 Å². The number of benzene rings is 3. The van der Waals surface area contributed by atoms with E-state index in [1.54, 1.807) is 19.2 Å². The maximum absolute atomic E-state index is 12.7. The van der Waals surface area contributed by atoms with Gasteiger partial charge in [0.1, 0.15) is 24.6 Å². The zero-order valence-electron chi connectivity index (χ0n) is 25.3.